The van der Waals surface area contributed by atoms with Gasteiger partial charge in [-0.3, -0.25) is 4.57 Å². The predicted octanol–water partition coefficient (Wildman–Crippen LogP) is 1.58. The molecular formula is C7H15O3PPo. The van der Waals surface area contributed by atoms with Gasteiger partial charge >= 0.3 is 37.5 Å². The van der Waals surface area contributed by atoms with Gasteiger partial charge in [-0.25, -0.2) is 0 Å². The maximum absolute atomic E-state index is 10.5. The van der Waals surface area contributed by atoms with E-state index in [-0.39, 0.29) is 5.31 Å². The van der Waals surface area contributed by atoms with Crippen molar-refractivity contribution in [1.29, 1.82) is 0.451 Å². The number of hydrogen-bond acceptors (Lipinski definition) is 1. The molecule has 0 spiro atoms. The van der Waals surface area contributed by atoms with Gasteiger partial charge in [0.25, 0.3) is 0 Å². The first-order chi connectivity index (χ1) is 5.75. The van der Waals surface area contributed by atoms with Gasteiger partial charge in [-0.15, -0.1) is 0 Å². The van der Waals surface area contributed by atoms with Crippen LogP contribution in [0.3, 0.4) is 0 Å². The molecule has 0 heterocycles. The second-order valence-corrected chi connectivity index (χ2v) is 3.97. The Labute approximate surface area is 89.1 Å². The third-order valence-corrected chi connectivity index (χ3v) is 1.96. The summed E-state index contributed by atoms with van der Waals surface area (Å²) in [6.45, 7) is 6.55. The third kappa shape index (κ3) is 8.62. The number of allylic oxidation sites excluding steroid dienone is 3. The molecule has 0 bridgehead atoms. The molecule has 0 radical (unpaired) electrons. The third-order valence-electron chi connectivity index (χ3n) is 0.915. The molecule has 0 aliphatic rings. The molecule has 0 amide bonds. The zero-order valence-electron chi connectivity index (χ0n) is 8.44. The van der Waals surface area contributed by atoms with Crippen LogP contribution < -0.4 is 0 Å². The van der Waals surface area contributed by atoms with Crippen molar-refractivity contribution in [3.8, 4) is 0 Å². The van der Waals surface area contributed by atoms with Gasteiger partial charge in [0.05, 0.1) is 0 Å². The molecule has 0 aliphatic heterocycles. The molecule has 72 valence electrons. The quantitative estimate of drug-likeness (QED) is 0.558. The monoisotopic (exact) mass is 388 g/mol. The van der Waals surface area contributed by atoms with E-state index in [4.69, 9.17) is 10.2 Å². The molecule has 0 aromatic rings. The SMILES string of the molecule is C=C(C)/C=C(/C)P(=O)(O)O.[2H][Po][CH3]. The first-order valence-electron chi connectivity index (χ1n) is 3.55. The summed E-state index contributed by atoms with van der Waals surface area (Å²) in [4.78, 5) is 17.1. The maximum atomic E-state index is 10.5. The second-order valence-electron chi connectivity index (χ2n) is 2.18. The van der Waals surface area contributed by atoms with Crippen LogP contribution in [0.2, 0.25) is 4.58 Å². The summed E-state index contributed by atoms with van der Waals surface area (Å²) in [7, 11) is -4.01. The topological polar surface area (TPSA) is 57.5 Å². The minimum absolute atomic E-state index is 0.0556. The van der Waals surface area contributed by atoms with Gasteiger partial charge in [0.15, 0.2) is 0 Å². The average Bonchev–Trinajstić information content (AvgIpc) is 1.85. The molecule has 0 rings (SSSR count). The molecule has 0 aliphatic carbocycles. The molecule has 0 fully saturated rings. The second kappa shape index (κ2) is 6.98. The van der Waals surface area contributed by atoms with Crippen molar-refractivity contribution in [2.45, 2.75) is 18.4 Å². The van der Waals surface area contributed by atoms with Crippen LogP contribution in [0.1, 0.15) is 13.8 Å². The Balaban J connectivity index is 0. The summed E-state index contributed by atoms with van der Waals surface area (Å²) in [5, 5.41) is 0.0556. The Bertz CT molecular complexity index is 234. The van der Waals surface area contributed by atoms with Crippen molar-refractivity contribution in [3.63, 3.8) is 0 Å². The van der Waals surface area contributed by atoms with Crippen LogP contribution in [0.15, 0.2) is 23.5 Å². The predicted molar refractivity (Wildman–Crippen MR) is 53.6 cm³/mol. The molecule has 0 atom stereocenters. The van der Waals surface area contributed by atoms with Crippen molar-refractivity contribution < 1.29 is 14.4 Å². The number of hydrogen-bond donors (Lipinski definition) is 2. The molecule has 0 aromatic heterocycles. The van der Waals surface area contributed by atoms with E-state index in [2.05, 4.69) is 6.58 Å². The van der Waals surface area contributed by atoms with E-state index < -0.39 is 32.4 Å². The van der Waals surface area contributed by atoms with Gasteiger partial charge in [-0.05, 0) is 19.9 Å². The van der Waals surface area contributed by atoms with Gasteiger partial charge in [0.1, 0.15) is 0 Å². The fourth-order valence-corrected chi connectivity index (χ4v) is 0.829. The van der Waals surface area contributed by atoms with E-state index in [1.807, 2.05) is 4.58 Å². The zero-order chi connectivity index (χ0) is 11.1. The van der Waals surface area contributed by atoms with E-state index in [1.165, 1.54) is 13.0 Å². The number of rotatable bonds is 2. The Morgan fingerprint density at radius 2 is 2.00 bits per heavy atom. The fourth-order valence-electron chi connectivity index (χ4n) is 0.441. The van der Waals surface area contributed by atoms with Gasteiger partial charge in [-0.2, -0.15) is 0 Å². The van der Waals surface area contributed by atoms with Crippen molar-refractivity contribution in [2.24, 2.45) is 0 Å². The van der Waals surface area contributed by atoms with Crippen molar-refractivity contribution in [1.82, 2.24) is 0 Å². The molecule has 0 saturated heterocycles. The fraction of sp³-hybridized carbons (Fsp3) is 0.429. The molecule has 0 saturated carbocycles. The van der Waals surface area contributed by atoms with E-state index in [9.17, 15) is 4.57 Å². The Hall–Kier alpha value is 0.526. The molecule has 3 nitrogen and oxygen atoms in total. The van der Waals surface area contributed by atoms with Crippen LogP contribution in [0, 0.1) is 0 Å². The van der Waals surface area contributed by atoms with Crippen LogP contribution in [-0.2, 0) is 4.57 Å². The molecule has 12 heavy (non-hydrogen) atoms. The molecule has 5 heteroatoms. The molecule has 0 aromatic carbocycles. The van der Waals surface area contributed by atoms with Gasteiger partial charge < -0.3 is 9.79 Å². The van der Waals surface area contributed by atoms with Crippen LogP contribution in [0.4, 0.5) is 0 Å². The first kappa shape index (κ1) is 12.5. The van der Waals surface area contributed by atoms with E-state index in [0.29, 0.717) is 5.57 Å². The Morgan fingerprint density at radius 1 is 1.67 bits per heavy atom. The van der Waals surface area contributed by atoms with Crippen LogP contribution >= 0.6 is 7.60 Å². The van der Waals surface area contributed by atoms with Gasteiger partial charge in [-0.1, -0.05) is 12.2 Å². The normalized spacial score (nSPS) is 12.8. The van der Waals surface area contributed by atoms with Crippen LogP contribution in [0.25, 0.3) is 0 Å². The van der Waals surface area contributed by atoms with Crippen molar-refractivity contribution >= 4 is 32.4 Å². The van der Waals surface area contributed by atoms with Crippen LogP contribution in [0.5, 0.6) is 0 Å². The zero-order valence-corrected chi connectivity index (χ0v) is 11.5. The molecule has 2 N–H and O–H groups in total. The van der Waals surface area contributed by atoms with Gasteiger partial charge in [0.2, 0.25) is 0 Å². The first-order valence-corrected chi connectivity index (χ1v) is 7.93. The average molecular weight is 388 g/mol. The summed E-state index contributed by atoms with van der Waals surface area (Å²) in [5.41, 5.74) is 0.640. The Morgan fingerprint density at radius 3 is 2.08 bits per heavy atom. The molecular weight excluding hydrogens is 372 g/mol. The van der Waals surface area contributed by atoms with Gasteiger partial charge in [0, 0.05) is 5.31 Å². The minimum atomic E-state index is -4.01. The summed E-state index contributed by atoms with van der Waals surface area (Å²) in [5.74, 6) is 0. The molecule has 0 unspecified atom stereocenters. The summed E-state index contributed by atoms with van der Waals surface area (Å²) >= 11 is -0.500. The van der Waals surface area contributed by atoms with E-state index >= 15 is 0 Å². The van der Waals surface area contributed by atoms with E-state index in [1.54, 1.807) is 6.92 Å². The summed E-state index contributed by atoms with van der Waals surface area (Å²) in [6.07, 6.45) is 1.38. The summed E-state index contributed by atoms with van der Waals surface area (Å²) in [6, 6.07) is 0. The van der Waals surface area contributed by atoms with Crippen molar-refractivity contribution in [3.05, 3.63) is 23.5 Å². The Kier molecular flexibility index (Phi) is 7.29. The standard InChI is InChI=1S/C6H11O3P.CH3.Po.H/c1-5(2)4-6(3)10(7,8)9;;;/h4H,1H2,2-3H3,(H2,7,8,9);1H3;;/b6-4-;;;/i;;;1+1. The summed E-state index contributed by atoms with van der Waals surface area (Å²) < 4.78 is 18.8. The van der Waals surface area contributed by atoms with Crippen LogP contribution in [-0.4, -0.2) is 35.1 Å². The van der Waals surface area contributed by atoms with Crippen molar-refractivity contribution in [2.75, 3.05) is 0 Å². The van der Waals surface area contributed by atoms with E-state index in [0.717, 1.165) is 0 Å².